The van der Waals surface area contributed by atoms with Crippen LogP contribution in [0.4, 0.5) is 0 Å². The van der Waals surface area contributed by atoms with Crippen LogP contribution in [0, 0.1) is 11.3 Å². The van der Waals surface area contributed by atoms with Crippen LogP contribution in [0.25, 0.3) is 10.9 Å². The van der Waals surface area contributed by atoms with Gasteiger partial charge in [-0.3, -0.25) is 4.79 Å². The minimum Gasteiger partial charge on any atom is -0.392 e. The van der Waals surface area contributed by atoms with Crippen molar-refractivity contribution in [2.75, 3.05) is 6.54 Å². The fraction of sp³-hybridized carbons (Fsp3) is 0.471. The number of benzene rings is 1. The summed E-state index contributed by atoms with van der Waals surface area (Å²) in [6, 6.07) is 7.52. The molecule has 0 spiro atoms. The van der Waals surface area contributed by atoms with Crippen LogP contribution in [-0.4, -0.2) is 28.6 Å². The quantitative estimate of drug-likeness (QED) is 0.792. The van der Waals surface area contributed by atoms with Gasteiger partial charge in [-0.2, -0.15) is 0 Å². The van der Waals surface area contributed by atoms with E-state index in [-0.39, 0.29) is 17.2 Å². The van der Waals surface area contributed by atoms with E-state index in [1.807, 2.05) is 52.1 Å². The Morgan fingerprint density at radius 1 is 1.33 bits per heavy atom. The smallest absolute Gasteiger partial charge is 0.251 e. The number of H-pyrrole nitrogens is 1. The number of nitrogens with one attached hydrogen (secondary N) is 2. The van der Waals surface area contributed by atoms with Crippen molar-refractivity contribution in [2.45, 2.75) is 33.8 Å². The molecule has 0 saturated heterocycles. The van der Waals surface area contributed by atoms with Gasteiger partial charge in [0.05, 0.1) is 6.10 Å². The Hall–Kier alpha value is -1.81. The van der Waals surface area contributed by atoms with Gasteiger partial charge >= 0.3 is 0 Å². The number of rotatable bonds is 5. The molecule has 3 N–H and O–H groups in total. The van der Waals surface area contributed by atoms with Gasteiger partial charge in [-0.25, -0.2) is 0 Å². The molecule has 0 aliphatic heterocycles. The lowest BCUT2D eigenvalue weighted by Crippen LogP contribution is -2.43. The van der Waals surface area contributed by atoms with Crippen LogP contribution in [0.1, 0.15) is 38.1 Å². The average Bonchev–Trinajstić information content (AvgIpc) is 2.91. The summed E-state index contributed by atoms with van der Waals surface area (Å²) in [6.45, 7) is 8.33. The monoisotopic (exact) mass is 288 g/mol. The highest BCUT2D eigenvalue weighted by atomic mass is 16.3. The predicted octanol–water partition coefficient (Wildman–Crippen LogP) is 2.94. The van der Waals surface area contributed by atoms with E-state index in [2.05, 4.69) is 10.3 Å². The summed E-state index contributed by atoms with van der Waals surface area (Å²) in [4.78, 5) is 15.4. The molecule has 0 bridgehead atoms. The van der Waals surface area contributed by atoms with E-state index in [1.54, 1.807) is 6.07 Å². The van der Waals surface area contributed by atoms with E-state index in [0.717, 1.165) is 10.9 Å². The second kappa shape index (κ2) is 5.90. The summed E-state index contributed by atoms with van der Waals surface area (Å²) < 4.78 is 0. The third kappa shape index (κ3) is 3.45. The minimum atomic E-state index is -0.454. The molecule has 1 aromatic carbocycles. The van der Waals surface area contributed by atoms with Gasteiger partial charge in [0.1, 0.15) is 0 Å². The van der Waals surface area contributed by atoms with Crippen LogP contribution in [0.5, 0.6) is 0 Å². The molecule has 0 radical (unpaired) electrons. The number of carbonyl (C=O) groups is 1. The van der Waals surface area contributed by atoms with E-state index in [9.17, 15) is 9.90 Å². The number of hydrogen-bond donors (Lipinski definition) is 3. The molecule has 4 nitrogen and oxygen atoms in total. The van der Waals surface area contributed by atoms with Crippen LogP contribution in [0.15, 0.2) is 30.5 Å². The van der Waals surface area contributed by atoms with Crippen LogP contribution < -0.4 is 5.32 Å². The van der Waals surface area contributed by atoms with Gasteiger partial charge < -0.3 is 15.4 Å². The first kappa shape index (κ1) is 15.6. The first-order valence-electron chi connectivity index (χ1n) is 7.34. The fourth-order valence-corrected chi connectivity index (χ4v) is 2.61. The fourth-order valence-electron chi connectivity index (χ4n) is 2.61. The third-order valence-electron chi connectivity index (χ3n) is 3.95. The molecule has 0 saturated carbocycles. The number of aromatic amines is 1. The molecule has 114 valence electrons. The van der Waals surface area contributed by atoms with Crippen molar-refractivity contribution in [2.24, 2.45) is 11.3 Å². The molecule has 4 heteroatoms. The second-order valence-electron chi connectivity index (χ2n) is 6.64. The molecule has 0 aliphatic rings. The number of aromatic nitrogens is 1. The summed E-state index contributed by atoms with van der Waals surface area (Å²) in [6.07, 6.45) is 1.40. The average molecular weight is 288 g/mol. The van der Waals surface area contributed by atoms with Crippen LogP contribution in [-0.2, 0) is 0 Å². The molecule has 1 amide bonds. The molecule has 0 aliphatic carbocycles. The lowest BCUT2D eigenvalue weighted by Gasteiger charge is -2.33. The molecule has 2 rings (SSSR count). The number of amides is 1. The molecule has 1 unspecified atom stereocenters. The Morgan fingerprint density at radius 2 is 2.05 bits per heavy atom. The van der Waals surface area contributed by atoms with Crippen molar-refractivity contribution in [3.05, 3.63) is 36.0 Å². The molecule has 1 atom stereocenters. The zero-order valence-electron chi connectivity index (χ0n) is 13.1. The summed E-state index contributed by atoms with van der Waals surface area (Å²) in [7, 11) is 0. The van der Waals surface area contributed by atoms with Gasteiger partial charge in [0.25, 0.3) is 5.91 Å². The molecule has 2 aromatic rings. The summed E-state index contributed by atoms with van der Waals surface area (Å²) in [5.41, 5.74) is 1.29. The van der Waals surface area contributed by atoms with Gasteiger partial charge in [-0.05, 0) is 30.2 Å². The van der Waals surface area contributed by atoms with Crippen molar-refractivity contribution in [1.29, 1.82) is 0 Å². The van der Waals surface area contributed by atoms with E-state index in [0.29, 0.717) is 12.1 Å². The summed E-state index contributed by atoms with van der Waals surface area (Å²) in [5, 5.41) is 14.1. The van der Waals surface area contributed by atoms with E-state index < -0.39 is 6.10 Å². The zero-order chi connectivity index (χ0) is 15.6. The molecule has 0 fully saturated rings. The lowest BCUT2D eigenvalue weighted by molar-refractivity contribution is 0.0138. The maximum Gasteiger partial charge on any atom is 0.251 e. The van der Waals surface area contributed by atoms with Crippen molar-refractivity contribution < 1.29 is 9.90 Å². The molecular formula is C17H24N2O2. The first-order chi connectivity index (χ1) is 9.81. The van der Waals surface area contributed by atoms with Crippen molar-refractivity contribution in [1.82, 2.24) is 10.3 Å². The Kier molecular flexibility index (Phi) is 4.37. The molecule has 21 heavy (non-hydrogen) atoms. The minimum absolute atomic E-state index is 0.109. The molecule has 1 heterocycles. The normalized spacial score (nSPS) is 13.6. The van der Waals surface area contributed by atoms with Gasteiger partial charge in [0.15, 0.2) is 0 Å². The maximum absolute atomic E-state index is 12.2. The number of aliphatic hydroxyl groups is 1. The predicted molar refractivity (Wildman–Crippen MR) is 85.3 cm³/mol. The maximum atomic E-state index is 12.2. The van der Waals surface area contributed by atoms with Crippen LogP contribution >= 0.6 is 0 Å². The number of hydrogen-bond acceptors (Lipinski definition) is 2. The topological polar surface area (TPSA) is 65.1 Å². The van der Waals surface area contributed by atoms with E-state index in [4.69, 9.17) is 0 Å². The summed E-state index contributed by atoms with van der Waals surface area (Å²) in [5.74, 6) is 0.0511. The Morgan fingerprint density at radius 3 is 2.71 bits per heavy atom. The zero-order valence-corrected chi connectivity index (χ0v) is 13.1. The van der Waals surface area contributed by atoms with Crippen molar-refractivity contribution in [3.8, 4) is 0 Å². The third-order valence-corrected chi connectivity index (χ3v) is 3.95. The molecular weight excluding hydrogens is 264 g/mol. The van der Waals surface area contributed by atoms with Gasteiger partial charge in [-0.15, -0.1) is 0 Å². The Balaban J connectivity index is 2.04. The molecule has 1 aromatic heterocycles. The number of aliphatic hydroxyl groups excluding tert-OH is 1. The van der Waals surface area contributed by atoms with Crippen molar-refractivity contribution >= 4 is 16.8 Å². The van der Waals surface area contributed by atoms with Gasteiger partial charge in [0.2, 0.25) is 0 Å². The van der Waals surface area contributed by atoms with Gasteiger partial charge in [0, 0.05) is 34.6 Å². The van der Waals surface area contributed by atoms with Crippen molar-refractivity contribution in [3.63, 3.8) is 0 Å². The van der Waals surface area contributed by atoms with Crippen LogP contribution in [0.3, 0.4) is 0 Å². The highest BCUT2D eigenvalue weighted by Gasteiger charge is 2.30. The first-order valence-corrected chi connectivity index (χ1v) is 7.34. The lowest BCUT2D eigenvalue weighted by atomic mass is 9.80. The number of carbonyl (C=O) groups excluding carboxylic acids is 1. The largest absolute Gasteiger partial charge is 0.392 e. The SMILES string of the molecule is CC(C)C(O)C(C)(C)CNC(=O)c1ccc2[nH]ccc2c1. The second-order valence-corrected chi connectivity index (χ2v) is 6.64. The van der Waals surface area contributed by atoms with Crippen LogP contribution in [0.2, 0.25) is 0 Å². The summed E-state index contributed by atoms with van der Waals surface area (Å²) >= 11 is 0. The standard InChI is InChI=1S/C17H24N2O2/c1-11(2)15(20)17(3,4)10-19-16(21)13-5-6-14-12(9-13)7-8-18-14/h5-9,11,15,18,20H,10H2,1-4H3,(H,19,21). The highest BCUT2D eigenvalue weighted by Crippen LogP contribution is 2.25. The number of fused-ring (bicyclic) bond motifs is 1. The van der Waals surface area contributed by atoms with E-state index >= 15 is 0 Å². The Labute approximate surface area is 125 Å². The Bertz CT molecular complexity index is 629. The van der Waals surface area contributed by atoms with Gasteiger partial charge in [-0.1, -0.05) is 27.7 Å². The van der Waals surface area contributed by atoms with E-state index in [1.165, 1.54) is 0 Å². The highest BCUT2D eigenvalue weighted by molar-refractivity contribution is 5.98.